The van der Waals surface area contributed by atoms with E-state index in [4.69, 9.17) is 4.74 Å². The number of hydrogen-bond acceptors (Lipinski definition) is 2. The van der Waals surface area contributed by atoms with Gasteiger partial charge in [0, 0.05) is 13.1 Å². The molecule has 0 saturated heterocycles. The summed E-state index contributed by atoms with van der Waals surface area (Å²) >= 11 is 0. The Morgan fingerprint density at radius 1 is 0.905 bits per heavy atom. The first-order valence-corrected chi connectivity index (χ1v) is 7.45. The van der Waals surface area contributed by atoms with Gasteiger partial charge in [-0.2, -0.15) is 0 Å². The first-order chi connectivity index (χ1) is 10.3. The Bertz CT molecular complexity index is 522. The molecule has 0 amide bonds. The van der Waals surface area contributed by atoms with Crippen molar-refractivity contribution in [2.24, 2.45) is 0 Å². The molecular weight excluding hydrogens is 265 g/mol. The Morgan fingerprint density at radius 3 is 2.05 bits per heavy atom. The molecule has 0 fully saturated rings. The molecule has 0 aliphatic heterocycles. The summed E-state index contributed by atoms with van der Waals surface area (Å²) in [7, 11) is 0. The van der Waals surface area contributed by atoms with Crippen LogP contribution < -0.4 is 10.1 Å². The van der Waals surface area contributed by atoms with Gasteiger partial charge < -0.3 is 10.1 Å². The minimum atomic E-state index is -0.197. The fraction of sp³-hybridized carbons (Fsp3) is 0.333. The maximum atomic E-state index is 12.8. The molecule has 3 heteroatoms. The van der Waals surface area contributed by atoms with Gasteiger partial charge in [-0.1, -0.05) is 37.6 Å². The summed E-state index contributed by atoms with van der Waals surface area (Å²) in [5, 5.41) is 3.35. The van der Waals surface area contributed by atoms with Gasteiger partial charge in [-0.3, -0.25) is 0 Å². The lowest BCUT2D eigenvalue weighted by atomic mass is 10.2. The molecule has 0 bridgehead atoms. The first-order valence-electron chi connectivity index (χ1n) is 7.45. The maximum Gasteiger partial charge on any atom is 0.123 e. The van der Waals surface area contributed by atoms with Crippen LogP contribution in [0.5, 0.6) is 5.75 Å². The van der Waals surface area contributed by atoms with Crippen LogP contribution in [0.2, 0.25) is 0 Å². The number of ether oxygens (including phenoxy) is 1. The molecule has 0 atom stereocenters. The van der Waals surface area contributed by atoms with Gasteiger partial charge in [-0.25, -0.2) is 4.39 Å². The normalized spacial score (nSPS) is 10.6. The number of unbranched alkanes of at least 4 members (excludes halogenated alkanes) is 1. The van der Waals surface area contributed by atoms with E-state index in [-0.39, 0.29) is 5.82 Å². The number of nitrogens with one attached hydrogen (secondary N) is 1. The van der Waals surface area contributed by atoms with Gasteiger partial charge in [-0.05, 0) is 41.8 Å². The van der Waals surface area contributed by atoms with E-state index in [2.05, 4.69) is 24.4 Å². The van der Waals surface area contributed by atoms with Crippen molar-refractivity contribution in [1.82, 2.24) is 5.32 Å². The zero-order valence-electron chi connectivity index (χ0n) is 12.4. The van der Waals surface area contributed by atoms with Crippen LogP contribution in [-0.4, -0.2) is 6.61 Å². The molecule has 21 heavy (non-hydrogen) atoms. The molecule has 0 aliphatic rings. The van der Waals surface area contributed by atoms with Gasteiger partial charge in [0.25, 0.3) is 0 Å². The summed E-state index contributed by atoms with van der Waals surface area (Å²) in [4.78, 5) is 0. The topological polar surface area (TPSA) is 21.3 Å². The van der Waals surface area contributed by atoms with Crippen LogP contribution in [0.1, 0.15) is 30.9 Å². The zero-order chi connectivity index (χ0) is 14.9. The molecule has 0 saturated carbocycles. The van der Waals surface area contributed by atoms with E-state index < -0.39 is 0 Å². The van der Waals surface area contributed by atoms with Crippen molar-refractivity contribution in [2.45, 2.75) is 32.9 Å². The highest BCUT2D eigenvalue weighted by Crippen LogP contribution is 2.13. The van der Waals surface area contributed by atoms with Gasteiger partial charge in [0.05, 0.1) is 6.61 Å². The van der Waals surface area contributed by atoms with Crippen molar-refractivity contribution in [1.29, 1.82) is 0 Å². The van der Waals surface area contributed by atoms with Crippen molar-refractivity contribution in [2.75, 3.05) is 6.61 Å². The predicted octanol–water partition coefficient (Wildman–Crippen LogP) is 4.29. The zero-order valence-corrected chi connectivity index (χ0v) is 12.4. The van der Waals surface area contributed by atoms with E-state index in [0.717, 1.165) is 43.9 Å². The Kier molecular flexibility index (Phi) is 6.22. The highest BCUT2D eigenvalue weighted by molar-refractivity contribution is 5.27. The maximum absolute atomic E-state index is 12.8. The Hall–Kier alpha value is -1.87. The lowest BCUT2D eigenvalue weighted by molar-refractivity contribution is 0.309. The molecule has 0 spiro atoms. The third kappa shape index (κ3) is 5.56. The Labute approximate surface area is 126 Å². The van der Waals surface area contributed by atoms with Crippen molar-refractivity contribution < 1.29 is 9.13 Å². The van der Waals surface area contributed by atoms with E-state index in [1.54, 1.807) is 12.1 Å². The summed E-state index contributed by atoms with van der Waals surface area (Å²) in [5.74, 6) is 0.725. The molecule has 2 rings (SSSR count). The summed E-state index contributed by atoms with van der Waals surface area (Å²) in [6, 6.07) is 14.7. The van der Waals surface area contributed by atoms with Crippen molar-refractivity contribution >= 4 is 0 Å². The number of benzene rings is 2. The fourth-order valence-corrected chi connectivity index (χ4v) is 1.99. The molecule has 1 N–H and O–H groups in total. The third-order valence-electron chi connectivity index (χ3n) is 3.26. The van der Waals surface area contributed by atoms with Crippen LogP contribution >= 0.6 is 0 Å². The molecule has 2 aromatic rings. The number of rotatable bonds is 8. The van der Waals surface area contributed by atoms with E-state index in [1.165, 1.54) is 17.7 Å². The number of hydrogen-bond donors (Lipinski definition) is 1. The third-order valence-corrected chi connectivity index (χ3v) is 3.26. The van der Waals surface area contributed by atoms with Crippen LogP contribution in [0.3, 0.4) is 0 Å². The summed E-state index contributed by atoms with van der Waals surface area (Å²) in [5.41, 5.74) is 2.29. The predicted molar refractivity (Wildman–Crippen MR) is 83.8 cm³/mol. The Balaban J connectivity index is 1.74. The number of halogens is 1. The molecule has 0 aromatic heterocycles. The molecule has 112 valence electrons. The smallest absolute Gasteiger partial charge is 0.123 e. The van der Waals surface area contributed by atoms with Crippen LogP contribution in [0.25, 0.3) is 0 Å². The fourth-order valence-electron chi connectivity index (χ4n) is 1.99. The van der Waals surface area contributed by atoms with Crippen LogP contribution in [0.4, 0.5) is 4.39 Å². The molecule has 2 aromatic carbocycles. The average Bonchev–Trinajstić information content (AvgIpc) is 2.51. The molecule has 0 aliphatic carbocycles. The largest absolute Gasteiger partial charge is 0.494 e. The molecule has 0 radical (unpaired) electrons. The molecule has 0 heterocycles. The van der Waals surface area contributed by atoms with Crippen LogP contribution in [-0.2, 0) is 13.1 Å². The summed E-state index contributed by atoms with van der Waals surface area (Å²) in [6.45, 7) is 4.44. The average molecular weight is 287 g/mol. The van der Waals surface area contributed by atoms with E-state index in [0.29, 0.717) is 0 Å². The second-order valence-corrected chi connectivity index (χ2v) is 5.08. The van der Waals surface area contributed by atoms with Gasteiger partial charge >= 0.3 is 0 Å². The van der Waals surface area contributed by atoms with E-state index in [9.17, 15) is 4.39 Å². The van der Waals surface area contributed by atoms with E-state index in [1.807, 2.05) is 12.1 Å². The molecule has 2 nitrogen and oxygen atoms in total. The van der Waals surface area contributed by atoms with Gasteiger partial charge in [-0.15, -0.1) is 0 Å². The summed E-state index contributed by atoms with van der Waals surface area (Å²) < 4.78 is 18.4. The first kappa shape index (κ1) is 15.5. The minimum absolute atomic E-state index is 0.197. The van der Waals surface area contributed by atoms with Gasteiger partial charge in [0.1, 0.15) is 11.6 Å². The highest BCUT2D eigenvalue weighted by Gasteiger charge is 1.97. The summed E-state index contributed by atoms with van der Waals surface area (Å²) in [6.07, 6.45) is 2.23. The SMILES string of the molecule is CCCCOc1ccc(CNCc2ccc(F)cc2)cc1. The van der Waals surface area contributed by atoms with Gasteiger partial charge in [0.2, 0.25) is 0 Å². The second-order valence-electron chi connectivity index (χ2n) is 5.08. The minimum Gasteiger partial charge on any atom is -0.494 e. The van der Waals surface area contributed by atoms with Crippen LogP contribution in [0.15, 0.2) is 48.5 Å². The lowest BCUT2D eigenvalue weighted by Gasteiger charge is -2.08. The van der Waals surface area contributed by atoms with Crippen molar-refractivity contribution in [3.05, 3.63) is 65.5 Å². The molecular formula is C18H22FNO. The van der Waals surface area contributed by atoms with Crippen molar-refractivity contribution in [3.8, 4) is 5.75 Å². The lowest BCUT2D eigenvalue weighted by Crippen LogP contribution is -2.12. The van der Waals surface area contributed by atoms with Crippen molar-refractivity contribution in [3.63, 3.8) is 0 Å². The second kappa shape index (κ2) is 8.42. The standard InChI is InChI=1S/C18H22FNO/c1-2-3-12-21-18-10-6-16(7-11-18)14-20-13-15-4-8-17(19)9-5-15/h4-11,20H,2-3,12-14H2,1H3. The van der Waals surface area contributed by atoms with Gasteiger partial charge in [0.15, 0.2) is 0 Å². The highest BCUT2D eigenvalue weighted by atomic mass is 19.1. The van der Waals surface area contributed by atoms with E-state index >= 15 is 0 Å². The quantitative estimate of drug-likeness (QED) is 0.731. The Morgan fingerprint density at radius 2 is 1.48 bits per heavy atom. The molecule has 0 unspecified atom stereocenters. The van der Waals surface area contributed by atoms with Crippen LogP contribution in [0, 0.1) is 5.82 Å². The monoisotopic (exact) mass is 287 g/mol.